The molecule has 1 amide bonds. The van der Waals surface area contributed by atoms with Crippen molar-refractivity contribution in [3.8, 4) is 5.75 Å². The molecule has 0 aliphatic carbocycles. The predicted octanol–water partition coefficient (Wildman–Crippen LogP) is 4.97. The van der Waals surface area contributed by atoms with E-state index in [0.29, 0.717) is 0 Å². The molecule has 0 fully saturated rings. The topological polar surface area (TPSA) is 38.3 Å². The Labute approximate surface area is 138 Å². The highest BCUT2D eigenvalue weighted by atomic mass is 35.5. The van der Waals surface area contributed by atoms with Gasteiger partial charge in [0.05, 0.1) is 5.02 Å². The minimum atomic E-state index is -4.68. The van der Waals surface area contributed by atoms with Crippen molar-refractivity contribution in [2.75, 3.05) is 5.32 Å². The van der Waals surface area contributed by atoms with Gasteiger partial charge in [0.2, 0.25) is 0 Å². The fourth-order valence-electron chi connectivity index (χ4n) is 1.68. The molecule has 0 unspecified atom stereocenters. The molecule has 9 heteroatoms. The van der Waals surface area contributed by atoms with Gasteiger partial charge in [-0.25, -0.2) is 4.39 Å². The van der Waals surface area contributed by atoms with Crippen LogP contribution in [-0.4, -0.2) is 18.4 Å². The van der Waals surface area contributed by atoms with E-state index in [1.54, 1.807) is 0 Å². The van der Waals surface area contributed by atoms with Crippen molar-refractivity contribution in [1.29, 1.82) is 0 Å². The van der Waals surface area contributed by atoms with Gasteiger partial charge in [-0.2, -0.15) is 17.6 Å². The van der Waals surface area contributed by atoms with Crippen molar-refractivity contribution in [1.82, 2.24) is 0 Å². The molecule has 0 aromatic heterocycles. The van der Waals surface area contributed by atoms with Gasteiger partial charge in [-0.3, -0.25) is 4.79 Å². The second-order valence-electron chi connectivity index (χ2n) is 4.58. The van der Waals surface area contributed by atoms with E-state index in [-0.39, 0.29) is 16.3 Å². The van der Waals surface area contributed by atoms with Crippen LogP contribution in [-0.2, 0) is 0 Å². The second-order valence-corrected chi connectivity index (χ2v) is 4.98. The average molecular weight is 366 g/mol. The summed E-state index contributed by atoms with van der Waals surface area (Å²) in [5, 5.41) is 2.14. The summed E-state index contributed by atoms with van der Waals surface area (Å²) in [7, 11) is 0. The molecule has 0 bridgehead atoms. The summed E-state index contributed by atoms with van der Waals surface area (Å²) >= 11 is 5.57. The van der Waals surface area contributed by atoms with E-state index in [2.05, 4.69) is 10.1 Å². The van der Waals surface area contributed by atoms with Crippen LogP contribution in [0.3, 0.4) is 0 Å². The van der Waals surface area contributed by atoms with Crippen LogP contribution in [0.1, 0.15) is 10.4 Å². The zero-order valence-corrected chi connectivity index (χ0v) is 12.5. The standard InChI is InChI=1S/C15H9ClF5NO2/c16-11-7-9(4-5-12(11)17)22-13(23)8-2-1-3-10(6-8)24-15(20,21)14(18)19/h1-7,14H,(H,22,23). The third-order valence-corrected chi connectivity index (χ3v) is 3.07. The smallest absolute Gasteiger partial charge is 0.428 e. The Bertz CT molecular complexity index is 754. The van der Waals surface area contributed by atoms with Crippen molar-refractivity contribution < 1.29 is 31.5 Å². The molecular weight excluding hydrogens is 357 g/mol. The van der Waals surface area contributed by atoms with Crippen LogP contribution in [0.25, 0.3) is 0 Å². The minimum absolute atomic E-state index is 0.127. The largest absolute Gasteiger partial charge is 0.461 e. The lowest BCUT2D eigenvalue weighted by molar-refractivity contribution is -0.253. The maximum Gasteiger partial charge on any atom is 0.461 e. The molecule has 24 heavy (non-hydrogen) atoms. The Kier molecular flexibility index (Phi) is 5.28. The molecule has 0 atom stereocenters. The van der Waals surface area contributed by atoms with Gasteiger partial charge >= 0.3 is 12.5 Å². The van der Waals surface area contributed by atoms with Crippen molar-refractivity contribution in [2.45, 2.75) is 12.5 Å². The molecule has 128 valence electrons. The van der Waals surface area contributed by atoms with Crippen molar-refractivity contribution in [3.05, 3.63) is 58.9 Å². The number of carbonyl (C=O) groups is 1. The van der Waals surface area contributed by atoms with Gasteiger partial charge in [-0.15, -0.1) is 0 Å². The Morgan fingerprint density at radius 1 is 1.17 bits per heavy atom. The third-order valence-electron chi connectivity index (χ3n) is 2.78. The van der Waals surface area contributed by atoms with Gasteiger partial charge in [0, 0.05) is 11.3 Å². The highest BCUT2D eigenvalue weighted by Crippen LogP contribution is 2.28. The Hall–Kier alpha value is -2.35. The lowest BCUT2D eigenvalue weighted by Crippen LogP contribution is -2.33. The first kappa shape index (κ1) is 18.0. The highest BCUT2D eigenvalue weighted by Gasteiger charge is 2.44. The number of nitrogens with one attached hydrogen (secondary N) is 1. The number of ether oxygens (including phenoxy) is 1. The van der Waals surface area contributed by atoms with E-state index in [9.17, 15) is 26.7 Å². The van der Waals surface area contributed by atoms with Crippen LogP contribution < -0.4 is 10.1 Å². The SMILES string of the molecule is O=C(Nc1ccc(F)c(Cl)c1)c1cccc(OC(F)(F)C(F)F)c1. The minimum Gasteiger partial charge on any atom is -0.428 e. The van der Waals surface area contributed by atoms with Crippen LogP contribution in [0.5, 0.6) is 5.75 Å². The Morgan fingerprint density at radius 3 is 2.50 bits per heavy atom. The van der Waals surface area contributed by atoms with E-state index in [0.717, 1.165) is 24.3 Å². The maximum atomic E-state index is 13.0. The Morgan fingerprint density at radius 2 is 1.88 bits per heavy atom. The van der Waals surface area contributed by atoms with Crippen LogP contribution in [0, 0.1) is 5.82 Å². The van der Waals surface area contributed by atoms with Crippen LogP contribution in [0.2, 0.25) is 5.02 Å². The summed E-state index contributed by atoms with van der Waals surface area (Å²) in [6.07, 6.45) is -8.70. The Balaban J connectivity index is 2.15. The van der Waals surface area contributed by atoms with Gasteiger partial charge in [-0.1, -0.05) is 17.7 Å². The van der Waals surface area contributed by atoms with Gasteiger partial charge in [0.25, 0.3) is 5.91 Å². The zero-order chi connectivity index (χ0) is 17.9. The molecule has 0 heterocycles. The number of halogens is 6. The molecular formula is C15H9ClF5NO2. The maximum absolute atomic E-state index is 13.0. The molecule has 0 spiro atoms. The van der Waals surface area contributed by atoms with E-state index in [4.69, 9.17) is 11.6 Å². The van der Waals surface area contributed by atoms with Gasteiger partial charge < -0.3 is 10.1 Å². The van der Waals surface area contributed by atoms with Gasteiger partial charge in [0.15, 0.2) is 0 Å². The van der Waals surface area contributed by atoms with Crippen molar-refractivity contribution in [3.63, 3.8) is 0 Å². The van der Waals surface area contributed by atoms with Crippen molar-refractivity contribution in [2.24, 2.45) is 0 Å². The summed E-state index contributed by atoms with van der Waals surface area (Å²) in [5.74, 6) is -2.03. The van der Waals surface area contributed by atoms with Crippen LogP contribution in [0.4, 0.5) is 27.6 Å². The second kappa shape index (κ2) is 7.04. The van der Waals surface area contributed by atoms with E-state index in [1.165, 1.54) is 18.2 Å². The lowest BCUT2D eigenvalue weighted by atomic mass is 10.2. The molecule has 0 radical (unpaired) electrons. The quantitative estimate of drug-likeness (QED) is 0.760. The lowest BCUT2D eigenvalue weighted by Gasteiger charge is -2.17. The summed E-state index contributed by atoms with van der Waals surface area (Å²) in [5.41, 5.74) is 0.0358. The fraction of sp³-hybridized carbons (Fsp3) is 0.133. The molecule has 0 aliphatic heterocycles. The first-order valence-electron chi connectivity index (χ1n) is 6.40. The zero-order valence-electron chi connectivity index (χ0n) is 11.7. The van der Waals surface area contributed by atoms with Crippen molar-refractivity contribution >= 4 is 23.2 Å². The van der Waals surface area contributed by atoms with E-state index >= 15 is 0 Å². The molecule has 1 N–H and O–H groups in total. The number of alkyl halides is 4. The molecule has 0 aliphatic rings. The average Bonchev–Trinajstić information content (AvgIpc) is 2.50. The normalized spacial score (nSPS) is 11.5. The van der Waals surface area contributed by atoms with Crippen LogP contribution >= 0.6 is 11.6 Å². The first-order chi connectivity index (χ1) is 11.2. The summed E-state index contributed by atoms with van der Waals surface area (Å²) < 4.78 is 66.9. The first-order valence-corrected chi connectivity index (χ1v) is 6.78. The molecule has 2 rings (SSSR count). The molecule has 2 aromatic carbocycles. The number of rotatable bonds is 5. The number of amides is 1. The van der Waals surface area contributed by atoms with E-state index < -0.39 is 30.0 Å². The summed E-state index contributed by atoms with van der Waals surface area (Å²) in [4.78, 5) is 12.0. The number of carbonyl (C=O) groups excluding carboxylic acids is 1. The third kappa shape index (κ3) is 4.35. The monoisotopic (exact) mass is 365 g/mol. The number of hydrogen-bond donors (Lipinski definition) is 1. The highest BCUT2D eigenvalue weighted by molar-refractivity contribution is 6.31. The summed E-state index contributed by atoms with van der Waals surface area (Å²) in [6, 6.07) is 7.74. The predicted molar refractivity (Wildman–Crippen MR) is 77.4 cm³/mol. The number of hydrogen-bond acceptors (Lipinski definition) is 2. The fourth-order valence-corrected chi connectivity index (χ4v) is 1.86. The van der Waals surface area contributed by atoms with E-state index in [1.807, 2.05) is 0 Å². The van der Waals surface area contributed by atoms with Gasteiger partial charge in [0.1, 0.15) is 11.6 Å². The number of benzene rings is 2. The summed E-state index contributed by atoms with van der Waals surface area (Å²) in [6.45, 7) is 0. The molecule has 3 nitrogen and oxygen atoms in total. The number of anilines is 1. The van der Waals surface area contributed by atoms with Gasteiger partial charge in [-0.05, 0) is 36.4 Å². The molecule has 0 saturated carbocycles. The molecule has 2 aromatic rings. The molecule has 0 saturated heterocycles. The van der Waals surface area contributed by atoms with Crippen LogP contribution in [0.15, 0.2) is 42.5 Å².